The molecule has 0 aliphatic carbocycles. The van der Waals surface area contributed by atoms with Crippen LogP contribution in [0.1, 0.15) is 22.8 Å². The Morgan fingerprint density at radius 2 is 1.90 bits per heavy atom. The minimum absolute atomic E-state index is 0.101. The first-order chi connectivity index (χ1) is 14.0. The van der Waals surface area contributed by atoms with E-state index in [0.29, 0.717) is 29.3 Å². The second-order valence-electron chi connectivity index (χ2n) is 6.54. The minimum Gasteiger partial charge on any atom is -0.497 e. The largest absolute Gasteiger partial charge is 0.497 e. The molecule has 0 fully saturated rings. The molecule has 29 heavy (non-hydrogen) atoms. The SMILES string of the molecule is CCN(C(=O)c1cncc(Nc2ccc(OC)cc2OC)c1)c1cccc(C)c1. The van der Waals surface area contributed by atoms with E-state index >= 15 is 0 Å². The molecule has 0 aliphatic heterocycles. The first-order valence-electron chi connectivity index (χ1n) is 9.38. The Labute approximate surface area is 171 Å². The molecule has 6 heteroatoms. The van der Waals surface area contributed by atoms with Crippen molar-refractivity contribution in [1.82, 2.24) is 4.98 Å². The number of carbonyl (C=O) groups excluding carboxylic acids is 1. The Morgan fingerprint density at radius 1 is 1.07 bits per heavy atom. The highest BCUT2D eigenvalue weighted by Crippen LogP contribution is 2.31. The van der Waals surface area contributed by atoms with Crippen LogP contribution in [0.2, 0.25) is 0 Å². The fourth-order valence-corrected chi connectivity index (χ4v) is 3.08. The molecule has 3 aromatic rings. The van der Waals surface area contributed by atoms with Gasteiger partial charge in [-0.3, -0.25) is 9.78 Å². The Morgan fingerprint density at radius 3 is 2.59 bits per heavy atom. The quantitative estimate of drug-likeness (QED) is 0.626. The number of nitrogens with zero attached hydrogens (tertiary/aromatic N) is 2. The summed E-state index contributed by atoms with van der Waals surface area (Å²) in [6, 6.07) is 15.2. The molecule has 0 radical (unpaired) electrons. The van der Waals surface area contributed by atoms with Gasteiger partial charge in [0.05, 0.1) is 37.4 Å². The number of aromatic nitrogens is 1. The monoisotopic (exact) mass is 391 g/mol. The number of nitrogens with one attached hydrogen (secondary N) is 1. The van der Waals surface area contributed by atoms with Crippen LogP contribution in [0.15, 0.2) is 60.9 Å². The molecule has 1 heterocycles. The van der Waals surface area contributed by atoms with E-state index in [0.717, 1.165) is 16.9 Å². The Kier molecular flexibility index (Phi) is 6.34. The van der Waals surface area contributed by atoms with Crippen molar-refractivity contribution in [3.05, 3.63) is 72.1 Å². The topological polar surface area (TPSA) is 63.7 Å². The van der Waals surface area contributed by atoms with Crippen molar-refractivity contribution in [3.63, 3.8) is 0 Å². The molecule has 0 spiro atoms. The zero-order chi connectivity index (χ0) is 20.8. The van der Waals surface area contributed by atoms with Gasteiger partial charge in [0.1, 0.15) is 11.5 Å². The number of hydrogen-bond donors (Lipinski definition) is 1. The van der Waals surface area contributed by atoms with Gasteiger partial charge in [-0.15, -0.1) is 0 Å². The van der Waals surface area contributed by atoms with Crippen LogP contribution in [-0.2, 0) is 0 Å². The lowest BCUT2D eigenvalue weighted by Gasteiger charge is -2.22. The van der Waals surface area contributed by atoms with Gasteiger partial charge in [-0.1, -0.05) is 12.1 Å². The Balaban J connectivity index is 1.86. The molecule has 1 amide bonds. The van der Waals surface area contributed by atoms with Gasteiger partial charge in [0.2, 0.25) is 0 Å². The van der Waals surface area contributed by atoms with Crippen molar-refractivity contribution < 1.29 is 14.3 Å². The van der Waals surface area contributed by atoms with E-state index in [1.807, 2.05) is 50.2 Å². The summed E-state index contributed by atoms with van der Waals surface area (Å²) in [6.07, 6.45) is 3.25. The van der Waals surface area contributed by atoms with E-state index in [2.05, 4.69) is 10.3 Å². The lowest BCUT2D eigenvalue weighted by atomic mass is 10.1. The van der Waals surface area contributed by atoms with Crippen molar-refractivity contribution in [1.29, 1.82) is 0 Å². The number of methoxy groups -OCH3 is 2. The summed E-state index contributed by atoms with van der Waals surface area (Å²) in [4.78, 5) is 19.1. The van der Waals surface area contributed by atoms with Gasteiger partial charge >= 0.3 is 0 Å². The van der Waals surface area contributed by atoms with Crippen molar-refractivity contribution in [2.75, 3.05) is 31.0 Å². The van der Waals surface area contributed by atoms with Crippen LogP contribution in [0.5, 0.6) is 11.5 Å². The summed E-state index contributed by atoms with van der Waals surface area (Å²) in [5.74, 6) is 1.23. The molecule has 0 saturated heterocycles. The number of carbonyl (C=O) groups is 1. The average Bonchev–Trinajstić information content (AvgIpc) is 2.74. The lowest BCUT2D eigenvalue weighted by Crippen LogP contribution is -2.30. The molecular formula is C23H25N3O3. The predicted octanol–water partition coefficient (Wildman–Crippen LogP) is 4.82. The zero-order valence-corrected chi connectivity index (χ0v) is 17.1. The van der Waals surface area contributed by atoms with Gasteiger partial charge in [-0.2, -0.15) is 0 Å². The Bertz CT molecular complexity index is 1000. The van der Waals surface area contributed by atoms with E-state index < -0.39 is 0 Å². The van der Waals surface area contributed by atoms with Crippen molar-refractivity contribution in [3.8, 4) is 11.5 Å². The number of anilines is 3. The number of pyridine rings is 1. The lowest BCUT2D eigenvalue weighted by molar-refractivity contribution is 0.0988. The number of aryl methyl sites for hydroxylation is 1. The maximum atomic E-state index is 13.1. The molecule has 2 aromatic carbocycles. The summed E-state index contributed by atoms with van der Waals surface area (Å²) in [5, 5.41) is 3.26. The second kappa shape index (κ2) is 9.10. The smallest absolute Gasteiger partial charge is 0.259 e. The molecule has 0 bridgehead atoms. The van der Waals surface area contributed by atoms with Gasteiger partial charge in [0.25, 0.3) is 5.91 Å². The summed E-state index contributed by atoms with van der Waals surface area (Å²) >= 11 is 0. The number of amides is 1. The van der Waals surface area contributed by atoms with Crippen molar-refractivity contribution in [2.45, 2.75) is 13.8 Å². The van der Waals surface area contributed by atoms with Gasteiger partial charge < -0.3 is 19.7 Å². The molecule has 1 aromatic heterocycles. The molecule has 0 aliphatic rings. The molecule has 150 valence electrons. The Hall–Kier alpha value is -3.54. The fraction of sp³-hybridized carbons (Fsp3) is 0.217. The van der Waals surface area contributed by atoms with Gasteiger partial charge in [0.15, 0.2) is 0 Å². The molecule has 3 rings (SSSR count). The highest BCUT2D eigenvalue weighted by Gasteiger charge is 2.17. The van der Waals surface area contributed by atoms with Crippen LogP contribution in [0.4, 0.5) is 17.1 Å². The third-order valence-corrected chi connectivity index (χ3v) is 4.55. The standard InChI is InChI=1S/C23H25N3O3/c1-5-26(19-8-6-7-16(2)11-19)23(27)17-12-18(15-24-14-17)25-21-10-9-20(28-3)13-22(21)29-4/h6-15,25H,5H2,1-4H3. The van der Waals surface area contributed by atoms with E-state index in [9.17, 15) is 4.79 Å². The summed E-state index contributed by atoms with van der Waals surface area (Å²) in [5.41, 5.74) is 3.93. The van der Waals surface area contributed by atoms with Crippen molar-refractivity contribution in [2.24, 2.45) is 0 Å². The average molecular weight is 391 g/mol. The number of rotatable bonds is 7. The van der Waals surface area contributed by atoms with Crippen LogP contribution >= 0.6 is 0 Å². The summed E-state index contributed by atoms with van der Waals surface area (Å²) in [6.45, 7) is 4.53. The minimum atomic E-state index is -0.101. The fourth-order valence-electron chi connectivity index (χ4n) is 3.08. The number of hydrogen-bond acceptors (Lipinski definition) is 5. The molecule has 6 nitrogen and oxygen atoms in total. The van der Waals surface area contributed by atoms with E-state index in [1.165, 1.54) is 0 Å². The van der Waals surface area contributed by atoms with Gasteiger partial charge in [-0.05, 0) is 49.7 Å². The third kappa shape index (κ3) is 4.66. The van der Waals surface area contributed by atoms with Crippen LogP contribution in [0.3, 0.4) is 0 Å². The molecule has 0 atom stereocenters. The molecule has 1 N–H and O–H groups in total. The van der Waals surface area contributed by atoms with E-state index in [1.54, 1.807) is 43.6 Å². The first-order valence-corrected chi connectivity index (χ1v) is 9.38. The highest BCUT2D eigenvalue weighted by molar-refractivity contribution is 6.06. The highest BCUT2D eigenvalue weighted by atomic mass is 16.5. The maximum absolute atomic E-state index is 13.1. The molecular weight excluding hydrogens is 366 g/mol. The van der Waals surface area contributed by atoms with Crippen LogP contribution in [-0.4, -0.2) is 31.7 Å². The molecule has 0 unspecified atom stereocenters. The van der Waals surface area contributed by atoms with Crippen LogP contribution in [0, 0.1) is 6.92 Å². The third-order valence-electron chi connectivity index (χ3n) is 4.55. The number of ether oxygens (including phenoxy) is 2. The normalized spacial score (nSPS) is 10.3. The second-order valence-corrected chi connectivity index (χ2v) is 6.54. The molecule has 0 saturated carbocycles. The van der Waals surface area contributed by atoms with E-state index in [4.69, 9.17) is 9.47 Å². The zero-order valence-electron chi connectivity index (χ0n) is 17.1. The predicted molar refractivity (Wildman–Crippen MR) is 116 cm³/mol. The summed E-state index contributed by atoms with van der Waals surface area (Å²) < 4.78 is 10.7. The van der Waals surface area contributed by atoms with E-state index in [-0.39, 0.29) is 5.91 Å². The van der Waals surface area contributed by atoms with Crippen LogP contribution < -0.4 is 19.7 Å². The van der Waals surface area contributed by atoms with Gasteiger partial charge in [-0.25, -0.2) is 0 Å². The number of benzene rings is 2. The summed E-state index contributed by atoms with van der Waals surface area (Å²) in [7, 11) is 3.20. The maximum Gasteiger partial charge on any atom is 0.259 e. The first kappa shape index (κ1) is 20.2. The van der Waals surface area contributed by atoms with Gasteiger partial charge in [0, 0.05) is 24.5 Å². The van der Waals surface area contributed by atoms with Crippen molar-refractivity contribution >= 4 is 23.0 Å². The van der Waals surface area contributed by atoms with Crippen LogP contribution in [0.25, 0.3) is 0 Å².